The molecular formula is C15H19NO3. The van der Waals surface area contributed by atoms with E-state index in [4.69, 9.17) is 9.47 Å². The van der Waals surface area contributed by atoms with Crippen molar-refractivity contribution in [2.24, 2.45) is 0 Å². The molecule has 1 heterocycles. The highest BCUT2D eigenvalue weighted by Gasteiger charge is 2.45. The zero-order valence-corrected chi connectivity index (χ0v) is 11.4. The second kappa shape index (κ2) is 4.76. The predicted octanol–water partition coefficient (Wildman–Crippen LogP) is 2.91. The topological polar surface area (TPSA) is 38.8 Å². The fraction of sp³-hybridized carbons (Fsp3) is 0.533. The van der Waals surface area contributed by atoms with Crippen LogP contribution in [0.5, 0.6) is 5.75 Å². The standard InChI is InChI=1S/C15H19NO3/c1-3-9-16-12-8-7-10-11(14(12)19-15(16)17)5-4-6-13(10)18-2/h4-6,12,14H,3,7-9H2,1-2H3/t12-,14+/m0/s1. The third-order valence-corrected chi connectivity index (χ3v) is 4.06. The molecule has 1 aliphatic heterocycles. The van der Waals surface area contributed by atoms with Gasteiger partial charge in [-0.2, -0.15) is 0 Å². The van der Waals surface area contributed by atoms with E-state index in [2.05, 4.69) is 13.0 Å². The number of hydrogen-bond acceptors (Lipinski definition) is 3. The van der Waals surface area contributed by atoms with Gasteiger partial charge in [-0.25, -0.2) is 4.79 Å². The smallest absolute Gasteiger partial charge is 0.410 e. The van der Waals surface area contributed by atoms with Crippen LogP contribution in [-0.4, -0.2) is 30.7 Å². The SMILES string of the molecule is CCCN1C(=O)O[C@@H]2c3cccc(OC)c3CC[C@@H]21. The minimum atomic E-state index is -0.174. The van der Waals surface area contributed by atoms with Gasteiger partial charge in [0.1, 0.15) is 11.9 Å². The predicted molar refractivity (Wildman–Crippen MR) is 71.3 cm³/mol. The Bertz CT molecular complexity index is 500. The number of carbonyl (C=O) groups is 1. The van der Waals surface area contributed by atoms with Crippen LogP contribution in [0, 0.1) is 0 Å². The molecular weight excluding hydrogens is 242 g/mol. The number of hydrogen-bond donors (Lipinski definition) is 0. The lowest BCUT2D eigenvalue weighted by molar-refractivity contribution is 0.126. The molecule has 1 aromatic rings. The van der Waals surface area contributed by atoms with Gasteiger partial charge >= 0.3 is 6.09 Å². The van der Waals surface area contributed by atoms with Gasteiger partial charge in [-0.3, -0.25) is 0 Å². The Kier molecular flexibility index (Phi) is 3.09. The van der Waals surface area contributed by atoms with Gasteiger partial charge in [-0.05, 0) is 25.3 Å². The van der Waals surface area contributed by atoms with E-state index >= 15 is 0 Å². The Morgan fingerprint density at radius 2 is 2.32 bits per heavy atom. The fourth-order valence-electron chi connectivity index (χ4n) is 3.23. The molecule has 102 valence electrons. The van der Waals surface area contributed by atoms with Gasteiger partial charge < -0.3 is 14.4 Å². The summed E-state index contributed by atoms with van der Waals surface area (Å²) in [7, 11) is 1.69. The van der Waals surface area contributed by atoms with Crippen LogP contribution in [0.2, 0.25) is 0 Å². The number of benzene rings is 1. The van der Waals surface area contributed by atoms with Crippen molar-refractivity contribution in [1.82, 2.24) is 4.90 Å². The normalized spacial score (nSPS) is 24.7. The maximum atomic E-state index is 12.0. The Balaban J connectivity index is 1.97. The van der Waals surface area contributed by atoms with Crippen LogP contribution in [0.15, 0.2) is 18.2 Å². The van der Waals surface area contributed by atoms with Crippen molar-refractivity contribution in [3.8, 4) is 5.75 Å². The monoisotopic (exact) mass is 261 g/mol. The van der Waals surface area contributed by atoms with Crippen LogP contribution in [0.4, 0.5) is 4.79 Å². The summed E-state index contributed by atoms with van der Waals surface area (Å²) in [6.45, 7) is 2.86. The van der Waals surface area contributed by atoms with E-state index in [1.165, 1.54) is 5.56 Å². The molecule has 4 heteroatoms. The Morgan fingerprint density at radius 3 is 3.05 bits per heavy atom. The number of ether oxygens (including phenoxy) is 2. The maximum absolute atomic E-state index is 12.0. The van der Waals surface area contributed by atoms with Gasteiger partial charge in [0.2, 0.25) is 0 Å². The number of carbonyl (C=O) groups excluding carboxylic acids is 1. The third-order valence-electron chi connectivity index (χ3n) is 4.06. The quantitative estimate of drug-likeness (QED) is 0.839. The molecule has 0 aromatic heterocycles. The van der Waals surface area contributed by atoms with Crippen molar-refractivity contribution in [1.29, 1.82) is 0 Å². The van der Waals surface area contributed by atoms with Gasteiger partial charge in [0, 0.05) is 17.7 Å². The highest BCUT2D eigenvalue weighted by atomic mass is 16.6. The summed E-state index contributed by atoms with van der Waals surface area (Å²) in [6, 6.07) is 6.18. The van der Waals surface area contributed by atoms with Crippen LogP contribution in [0.25, 0.3) is 0 Å². The summed E-state index contributed by atoms with van der Waals surface area (Å²) in [6.07, 6.45) is 2.55. The van der Waals surface area contributed by atoms with Crippen LogP contribution in [0.3, 0.4) is 0 Å². The molecule has 0 bridgehead atoms. The van der Waals surface area contributed by atoms with Gasteiger partial charge in [0.15, 0.2) is 0 Å². The number of nitrogens with zero attached hydrogens (tertiary/aromatic N) is 1. The lowest BCUT2D eigenvalue weighted by Gasteiger charge is -2.30. The molecule has 0 saturated carbocycles. The molecule has 2 aliphatic rings. The molecule has 1 aromatic carbocycles. The van der Waals surface area contributed by atoms with E-state index in [9.17, 15) is 4.79 Å². The summed E-state index contributed by atoms with van der Waals surface area (Å²) >= 11 is 0. The molecule has 3 rings (SSSR count). The van der Waals surface area contributed by atoms with Crippen molar-refractivity contribution in [2.45, 2.75) is 38.3 Å². The summed E-state index contributed by atoms with van der Waals surface area (Å²) < 4.78 is 11.0. The Hall–Kier alpha value is -1.71. The highest BCUT2D eigenvalue weighted by Crippen LogP contribution is 2.43. The average Bonchev–Trinajstić information content (AvgIpc) is 2.75. The molecule has 2 atom stereocenters. The first-order chi connectivity index (χ1) is 9.26. The largest absolute Gasteiger partial charge is 0.496 e. The second-order valence-corrected chi connectivity index (χ2v) is 5.13. The molecule has 1 amide bonds. The van der Waals surface area contributed by atoms with Crippen molar-refractivity contribution < 1.29 is 14.3 Å². The summed E-state index contributed by atoms with van der Waals surface area (Å²) in [5.41, 5.74) is 2.31. The molecule has 1 saturated heterocycles. The van der Waals surface area contributed by atoms with Gasteiger partial charge in [-0.15, -0.1) is 0 Å². The molecule has 0 N–H and O–H groups in total. The lowest BCUT2D eigenvalue weighted by atomic mass is 9.85. The number of rotatable bonds is 3. The number of amides is 1. The second-order valence-electron chi connectivity index (χ2n) is 5.13. The first-order valence-electron chi connectivity index (χ1n) is 6.89. The molecule has 1 fully saturated rings. The molecule has 4 nitrogen and oxygen atoms in total. The Labute approximate surface area is 113 Å². The van der Waals surface area contributed by atoms with Gasteiger partial charge in [0.05, 0.1) is 13.2 Å². The fourth-order valence-corrected chi connectivity index (χ4v) is 3.23. The molecule has 0 spiro atoms. The Morgan fingerprint density at radius 1 is 1.47 bits per heavy atom. The minimum Gasteiger partial charge on any atom is -0.496 e. The zero-order valence-electron chi connectivity index (χ0n) is 11.4. The van der Waals surface area contributed by atoms with E-state index in [0.29, 0.717) is 0 Å². The van der Waals surface area contributed by atoms with E-state index in [-0.39, 0.29) is 18.2 Å². The van der Waals surface area contributed by atoms with Crippen molar-refractivity contribution in [3.05, 3.63) is 29.3 Å². The lowest BCUT2D eigenvalue weighted by Crippen LogP contribution is -2.37. The summed E-state index contributed by atoms with van der Waals surface area (Å²) in [4.78, 5) is 13.8. The number of fused-ring (bicyclic) bond motifs is 3. The van der Waals surface area contributed by atoms with E-state index < -0.39 is 0 Å². The highest BCUT2D eigenvalue weighted by molar-refractivity contribution is 5.71. The van der Waals surface area contributed by atoms with Crippen LogP contribution >= 0.6 is 0 Å². The first kappa shape index (κ1) is 12.3. The third kappa shape index (κ3) is 1.86. The zero-order chi connectivity index (χ0) is 13.4. The number of methoxy groups -OCH3 is 1. The first-order valence-corrected chi connectivity index (χ1v) is 6.89. The van der Waals surface area contributed by atoms with E-state index in [0.717, 1.165) is 37.1 Å². The minimum absolute atomic E-state index is 0.127. The van der Waals surface area contributed by atoms with Crippen molar-refractivity contribution in [2.75, 3.05) is 13.7 Å². The van der Waals surface area contributed by atoms with Crippen LogP contribution in [-0.2, 0) is 11.2 Å². The maximum Gasteiger partial charge on any atom is 0.410 e. The van der Waals surface area contributed by atoms with Crippen LogP contribution < -0.4 is 4.74 Å². The van der Waals surface area contributed by atoms with Crippen molar-refractivity contribution >= 4 is 6.09 Å². The summed E-state index contributed by atoms with van der Waals surface area (Å²) in [5, 5.41) is 0. The molecule has 0 unspecified atom stereocenters. The van der Waals surface area contributed by atoms with Gasteiger partial charge in [0.25, 0.3) is 0 Å². The van der Waals surface area contributed by atoms with E-state index in [1.54, 1.807) is 7.11 Å². The van der Waals surface area contributed by atoms with Gasteiger partial charge in [-0.1, -0.05) is 19.1 Å². The average molecular weight is 261 g/mol. The van der Waals surface area contributed by atoms with E-state index in [1.807, 2.05) is 17.0 Å². The molecule has 1 aliphatic carbocycles. The van der Waals surface area contributed by atoms with Crippen molar-refractivity contribution in [3.63, 3.8) is 0 Å². The summed E-state index contributed by atoms with van der Waals surface area (Å²) in [5.74, 6) is 0.904. The molecule has 19 heavy (non-hydrogen) atoms. The molecule has 0 radical (unpaired) electrons. The van der Waals surface area contributed by atoms with Crippen LogP contribution in [0.1, 0.15) is 37.0 Å².